The first-order chi connectivity index (χ1) is 12.2. The standard InChI is InChI=1S/C19H22N4OS/c1-13-14(2)25-19-17(13)18(20-12-21-19)22-16-5-3-15(4-6-16)11-23-7-9-24-10-8-23/h3-6,12H,7-11H2,1-2H3,(H,20,21,22)/p+1. The molecule has 0 radical (unpaired) electrons. The van der Waals surface area contributed by atoms with Crippen LogP contribution in [0, 0.1) is 13.8 Å². The van der Waals surface area contributed by atoms with Gasteiger partial charge in [-0.25, -0.2) is 9.97 Å². The molecule has 0 unspecified atom stereocenters. The zero-order chi connectivity index (χ0) is 17.2. The van der Waals surface area contributed by atoms with Crippen molar-refractivity contribution in [1.82, 2.24) is 9.97 Å². The van der Waals surface area contributed by atoms with Crippen molar-refractivity contribution in [2.75, 3.05) is 31.6 Å². The van der Waals surface area contributed by atoms with Gasteiger partial charge >= 0.3 is 0 Å². The van der Waals surface area contributed by atoms with Gasteiger partial charge in [0.15, 0.2) is 0 Å². The van der Waals surface area contributed by atoms with E-state index in [1.165, 1.54) is 16.0 Å². The van der Waals surface area contributed by atoms with Crippen LogP contribution in [0.25, 0.3) is 10.2 Å². The highest BCUT2D eigenvalue weighted by Crippen LogP contribution is 2.33. The minimum absolute atomic E-state index is 0.873. The molecule has 0 amide bonds. The monoisotopic (exact) mass is 355 g/mol. The summed E-state index contributed by atoms with van der Waals surface area (Å²) < 4.78 is 5.43. The van der Waals surface area contributed by atoms with Crippen LogP contribution in [-0.4, -0.2) is 36.3 Å². The number of nitrogens with zero attached hydrogens (tertiary/aromatic N) is 2. The van der Waals surface area contributed by atoms with Crippen LogP contribution in [0.2, 0.25) is 0 Å². The summed E-state index contributed by atoms with van der Waals surface area (Å²) in [6, 6.07) is 8.68. The molecule has 0 atom stereocenters. The molecule has 4 rings (SSSR count). The molecule has 130 valence electrons. The second-order valence-corrected chi connectivity index (χ2v) is 7.75. The summed E-state index contributed by atoms with van der Waals surface area (Å²) in [5.41, 5.74) is 3.68. The molecule has 1 aromatic carbocycles. The molecular weight excluding hydrogens is 332 g/mol. The number of benzene rings is 1. The molecular formula is C19H23N4OS+. The predicted molar refractivity (Wildman–Crippen MR) is 102 cm³/mol. The number of hydrogen-bond acceptors (Lipinski definition) is 5. The Morgan fingerprint density at radius 1 is 1.12 bits per heavy atom. The first-order valence-electron chi connectivity index (χ1n) is 8.68. The molecule has 1 aliphatic rings. The van der Waals surface area contributed by atoms with Crippen LogP contribution in [0.3, 0.4) is 0 Å². The normalized spacial score (nSPS) is 15.6. The van der Waals surface area contributed by atoms with Gasteiger partial charge in [-0.2, -0.15) is 0 Å². The molecule has 2 N–H and O–H groups in total. The average molecular weight is 355 g/mol. The minimum atomic E-state index is 0.873. The summed E-state index contributed by atoms with van der Waals surface area (Å²) >= 11 is 1.72. The van der Waals surface area contributed by atoms with Gasteiger partial charge in [0.05, 0.1) is 18.6 Å². The summed E-state index contributed by atoms with van der Waals surface area (Å²) in [6.07, 6.45) is 1.64. The highest BCUT2D eigenvalue weighted by atomic mass is 32.1. The highest BCUT2D eigenvalue weighted by molar-refractivity contribution is 7.18. The maximum absolute atomic E-state index is 5.43. The smallest absolute Gasteiger partial charge is 0.142 e. The molecule has 1 aliphatic heterocycles. The van der Waals surface area contributed by atoms with Crippen LogP contribution < -0.4 is 10.2 Å². The van der Waals surface area contributed by atoms with Crippen LogP contribution in [0.4, 0.5) is 11.5 Å². The Balaban J connectivity index is 1.51. The van der Waals surface area contributed by atoms with Crippen molar-refractivity contribution in [1.29, 1.82) is 0 Å². The molecule has 1 saturated heterocycles. The van der Waals surface area contributed by atoms with Crippen molar-refractivity contribution in [3.05, 3.63) is 46.6 Å². The third-order valence-corrected chi connectivity index (χ3v) is 5.95. The van der Waals surface area contributed by atoms with Gasteiger partial charge in [0.1, 0.15) is 36.6 Å². The van der Waals surface area contributed by atoms with E-state index < -0.39 is 0 Å². The maximum atomic E-state index is 5.43. The number of nitrogens with one attached hydrogen (secondary N) is 2. The third kappa shape index (κ3) is 3.51. The molecule has 25 heavy (non-hydrogen) atoms. The van der Waals surface area contributed by atoms with Gasteiger partial charge in [-0.15, -0.1) is 11.3 Å². The van der Waals surface area contributed by atoms with E-state index in [0.717, 1.165) is 54.6 Å². The molecule has 3 heterocycles. The Labute approximate surface area is 151 Å². The lowest BCUT2D eigenvalue weighted by Crippen LogP contribution is -3.12. The van der Waals surface area contributed by atoms with Crippen LogP contribution in [0.1, 0.15) is 16.0 Å². The number of ether oxygens (including phenoxy) is 1. The maximum Gasteiger partial charge on any atom is 0.142 e. The van der Waals surface area contributed by atoms with Crippen molar-refractivity contribution in [3.63, 3.8) is 0 Å². The van der Waals surface area contributed by atoms with Crippen LogP contribution in [0.15, 0.2) is 30.6 Å². The van der Waals surface area contributed by atoms with E-state index in [2.05, 4.69) is 53.4 Å². The Kier molecular flexibility index (Phi) is 4.65. The zero-order valence-corrected chi connectivity index (χ0v) is 15.4. The minimum Gasteiger partial charge on any atom is -0.370 e. The van der Waals surface area contributed by atoms with E-state index in [1.54, 1.807) is 22.6 Å². The molecule has 0 aliphatic carbocycles. The fourth-order valence-corrected chi connectivity index (χ4v) is 4.24. The lowest BCUT2D eigenvalue weighted by molar-refractivity contribution is -0.921. The lowest BCUT2D eigenvalue weighted by atomic mass is 10.1. The number of thiophene rings is 1. The van der Waals surface area contributed by atoms with Gasteiger partial charge in [-0.1, -0.05) is 12.1 Å². The summed E-state index contributed by atoms with van der Waals surface area (Å²) in [5.74, 6) is 0.887. The first kappa shape index (κ1) is 16.4. The topological polar surface area (TPSA) is 51.5 Å². The summed E-state index contributed by atoms with van der Waals surface area (Å²) in [4.78, 5) is 12.8. The van der Waals surface area contributed by atoms with E-state index >= 15 is 0 Å². The highest BCUT2D eigenvalue weighted by Gasteiger charge is 2.15. The summed E-state index contributed by atoms with van der Waals surface area (Å²) in [7, 11) is 0. The van der Waals surface area contributed by atoms with Gasteiger partial charge in [-0.3, -0.25) is 0 Å². The van der Waals surface area contributed by atoms with Crippen molar-refractivity contribution in [2.24, 2.45) is 0 Å². The fraction of sp³-hybridized carbons (Fsp3) is 0.368. The number of rotatable bonds is 4. The lowest BCUT2D eigenvalue weighted by Gasteiger charge is -2.23. The second-order valence-electron chi connectivity index (χ2n) is 6.55. The first-order valence-corrected chi connectivity index (χ1v) is 9.50. The predicted octanol–water partition coefficient (Wildman–Crippen LogP) is 2.47. The van der Waals surface area contributed by atoms with Crippen LogP contribution in [-0.2, 0) is 11.3 Å². The molecule has 1 fully saturated rings. The van der Waals surface area contributed by atoms with Crippen molar-refractivity contribution < 1.29 is 9.64 Å². The SMILES string of the molecule is Cc1sc2ncnc(Nc3ccc(C[NH+]4CCOCC4)cc3)c2c1C. The molecule has 3 aromatic rings. The largest absolute Gasteiger partial charge is 0.370 e. The molecule has 2 aromatic heterocycles. The molecule has 0 spiro atoms. The van der Waals surface area contributed by atoms with E-state index in [-0.39, 0.29) is 0 Å². The third-order valence-electron chi connectivity index (χ3n) is 4.84. The number of morpholine rings is 1. The van der Waals surface area contributed by atoms with Gasteiger partial charge < -0.3 is 15.0 Å². The summed E-state index contributed by atoms with van der Waals surface area (Å²) in [5, 5.41) is 4.59. The number of anilines is 2. The van der Waals surface area contributed by atoms with Crippen LogP contribution in [0.5, 0.6) is 0 Å². The van der Waals surface area contributed by atoms with E-state index in [4.69, 9.17) is 4.74 Å². The zero-order valence-electron chi connectivity index (χ0n) is 14.6. The average Bonchev–Trinajstić information content (AvgIpc) is 2.93. The number of quaternary nitrogens is 1. The van der Waals surface area contributed by atoms with E-state index in [9.17, 15) is 0 Å². The molecule has 0 saturated carbocycles. The number of aromatic nitrogens is 2. The Morgan fingerprint density at radius 3 is 2.64 bits per heavy atom. The molecule has 0 bridgehead atoms. The van der Waals surface area contributed by atoms with Gasteiger partial charge in [0.2, 0.25) is 0 Å². The van der Waals surface area contributed by atoms with E-state index in [0.29, 0.717) is 0 Å². The summed E-state index contributed by atoms with van der Waals surface area (Å²) in [6.45, 7) is 9.26. The van der Waals surface area contributed by atoms with Crippen molar-refractivity contribution in [2.45, 2.75) is 20.4 Å². The Hall–Kier alpha value is -2.02. The van der Waals surface area contributed by atoms with Gasteiger partial charge in [-0.05, 0) is 31.5 Å². The van der Waals surface area contributed by atoms with Gasteiger partial charge in [0.25, 0.3) is 0 Å². The quantitative estimate of drug-likeness (QED) is 0.755. The Morgan fingerprint density at radius 2 is 1.88 bits per heavy atom. The number of aryl methyl sites for hydroxylation is 2. The Bertz CT molecular complexity index is 869. The number of hydrogen-bond donors (Lipinski definition) is 2. The van der Waals surface area contributed by atoms with Gasteiger partial charge in [0, 0.05) is 16.1 Å². The van der Waals surface area contributed by atoms with Crippen molar-refractivity contribution in [3.8, 4) is 0 Å². The molecule has 5 nitrogen and oxygen atoms in total. The van der Waals surface area contributed by atoms with E-state index in [1.807, 2.05) is 0 Å². The van der Waals surface area contributed by atoms with Crippen LogP contribution >= 0.6 is 11.3 Å². The molecule has 6 heteroatoms. The van der Waals surface area contributed by atoms with Crippen molar-refractivity contribution >= 4 is 33.1 Å². The number of fused-ring (bicyclic) bond motifs is 1. The second kappa shape index (κ2) is 7.07. The fourth-order valence-electron chi connectivity index (χ4n) is 3.25.